The first-order valence-electron chi connectivity index (χ1n) is 4.64. The van der Waals surface area contributed by atoms with E-state index < -0.39 is 0 Å². The molecule has 0 spiro atoms. The minimum atomic E-state index is 0.258. The lowest BCUT2D eigenvalue weighted by molar-refractivity contribution is 0.279. The Morgan fingerprint density at radius 3 is 2.94 bits per heavy atom. The Balaban J connectivity index is 2.16. The summed E-state index contributed by atoms with van der Waals surface area (Å²) in [5.74, 6) is 1.28. The summed E-state index contributed by atoms with van der Waals surface area (Å²) in [4.78, 5) is 0. The number of rotatable bonds is 4. The maximum absolute atomic E-state index is 5.89. The smallest absolute Gasteiger partial charge is 0.175 e. The number of ether oxygens (including phenoxy) is 2. The van der Waals surface area contributed by atoms with Crippen molar-refractivity contribution in [1.82, 2.24) is 9.59 Å². The minimum absolute atomic E-state index is 0.258. The second-order valence-corrected chi connectivity index (χ2v) is 5.26. The molecule has 0 saturated heterocycles. The molecule has 7 heteroatoms. The number of methoxy groups -OCH3 is 1. The maximum atomic E-state index is 5.89. The number of hydrogen-bond donors (Lipinski definition) is 0. The van der Waals surface area contributed by atoms with Gasteiger partial charge in [-0.3, -0.25) is 0 Å². The zero-order chi connectivity index (χ0) is 12.3. The molecule has 4 nitrogen and oxygen atoms in total. The summed E-state index contributed by atoms with van der Waals surface area (Å²) in [5.41, 5.74) is 0.620. The van der Waals surface area contributed by atoms with Crippen LogP contribution in [0, 0.1) is 0 Å². The number of hydrogen-bond acceptors (Lipinski definition) is 5. The van der Waals surface area contributed by atoms with E-state index in [0.29, 0.717) is 21.5 Å². The van der Waals surface area contributed by atoms with Crippen LogP contribution in [0.4, 0.5) is 0 Å². The maximum Gasteiger partial charge on any atom is 0.175 e. The third-order valence-electron chi connectivity index (χ3n) is 2.01. The molecule has 0 fully saturated rings. The second kappa shape index (κ2) is 5.66. The molecule has 17 heavy (non-hydrogen) atoms. The number of aromatic nitrogens is 2. The number of benzene rings is 1. The Labute approximate surface area is 116 Å². The average molecular weight is 336 g/mol. The Morgan fingerprint density at radius 1 is 1.47 bits per heavy atom. The van der Waals surface area contributed by atoms with Crippen LogP contribution in [-0.2, 0) is 6.61 Å². The fourth-order valence-electron chi connectivity index (χ4n) is 1.21. The molecule has 90 valence electrons. The van der Waals surface area contributed by atoms with Gasteiger partial charge >= 0.3 is 0 Å². The molecule has 1 aromatic carbocycles. The first-order valence-corrected chi connectivity index (χ1v) is 6.59. The van der Waals surface area contributed by atoms with Crippen LogP contribution in [-0.4, -0.2) is 16.7 Å². The second-order valence-electron chi connectivity index (χ2n) is 3.05. The predicted molar refractivity (Wildman–Crippen MR) is 69.9 cm³/mol. The van der Waals surface area contributed by atoms with Crippen LogP contribution < -0.4 is 9.47 Å². The highest BCUT2D eigenvalue weighted by atomic mass is 79.9. The topological polar surface area (TPSA) is 44.2 Å². The average Bonchev–Trinajstić information content (AvgIpc) is 2.73. The van der Waals surface area contributed by atoms with Gasteiger partial charge in [0.2, 0.25) is 0 Å². The summed E-state index contributed by atoms with van der Waals surface area (Å²) in [7, 11) is 1.59. The molecule has 0 atom stereocenters. The summed E-state index contributed by atoms with van der Waals surface area (Å²) in [5, 5.41) is 3.87. The van der Waals surface area contributed by atoms with Crippen molar-refractivity contribution in [1.29, 1.82) is 0 Å². The van der Waals surface area contributed by atoms with Gasteiger partial charge in [-0.15, -0.1) is 5.10 Å². The van der Waals surface area contributed by atoms with Crippen molar-refractivity contribution in [3.63, 3.8) is 0 Å². The van der Waals surface area contributed by atoms with Gasteiger partial charge in [0.1, 0.15) is 16.6 Å². The monoisotopic (exact) mass is 334 g/mol. The lowest BCUT2D eigenvalue weighted by Gasteiger charge is -2.11. The highest BCUT2D eigenvalue weighted by molar-refractivity contribution is 9.10. The third-order valence-corrected chi connectivity index (χ3v) is 3.62. The first-order chi connectivity index (χ1) is 8.22. The van der Waals surface area contributed by atoms with Crippen LogP contribution in [0.15, 0.2) is 22.7 Å². The van der Waals surface area contributed by atoms with E-state index in [0.717, 1.165) is 16.0 Å². The van der Waals surface area contributed by atoms with Crippen LogP contribution in [0.3, 0.4) is 0 Å². The molecule has 2 aromatic rings. The zero-order valence-electron chi connectivity index (χ0n) is 8.81. The van der Waals surface area contributed by atoms with Crippen molar-refractivity contribution in [2.75, 3.05) is 7.11 Å². The zero-order valence-corrected chi connectivity index (χ0v) is 12.0. The van der Waals surface area contributed by atoms with Crippen LogP contribution in [0.5, 0.6) is 11.5 Å². The molecule has 1 aromatic heterocycles. The minimum Gasteiger partial charge on any atom is -0.493 e. The first kappa shape index (κ1) is 12.6. The van der Waals surface area contributed by atoms with Crippen LogP contribution in [0.1, 0.15) is 5.69 Å². The van der Waals surface area contributed by atoms with Crippen LogP contribution in [0.25, 0.3) is 0 Å². The van der Waals surface area contributed by atoms with E-state index in [1.807, 2.05) is 18.2 Å². The van der Waals surface area contributed by atoms with Gasteiger partial charge in [-0.1, -0.05) is 22.2 Å². The van der Waals surface area contributed by atoms with Crippen molar-refractivity contribution in [3.05, 3.63) is 32.7 Å². The Kier molecular flexibility index (Phi) is 4.20. The summed E-state index contributed by atoms with van der Waals surface area (Å²) in [6.45, 7) is 0.258. The standard InChI is InChI=1S/C10H8BrClN2O2S/c1-15-8-4-2-3-6(11)9(8)16-5-7-10(12)17-14-13-7/h2-4H,5H2,1H3. The number of para-hydroxylation sites is 1. The van der Waals surface area contributed by atoms with Gasteiger partial charge in [0, 0.05) is 11.5 Å². The molecular formula is C10H8BrClN2O2S. The van der Waals surface area contributed by atoms with E-state index in [4.69, 9.17) is 21.1 Å². The summed E-state index contributed by atoms with van der Waals surface area (Å²) in [6, 6.07) is 5.56. The van der Waals surface area contributed by atoms with Crippen molar-refractivity contribution >= 4 is 39.1 Å². The Hall–Kier alpha value is -0.850. The van der Waals surface area contributed by atoms with Gasteiger partial charge in [-0.25, -0.2) is 0 Å². The fourth-order valence-corrected chi connectivity index (χ4v) is 2.28. The third kappa shape index (κ3) is 2.88. The van der Waals surface area contributed by atoms with Gasteiger partial charge < -0.3 is 9.47 Å². The lowest BCUT2D eigenvalue weighted by atomic mass is 10.3. The van der Waals surface area contributed by atoms with Crippen LogP contribution in [0.2, 0.25) is 4.34 Å². The molecule has 0 bridgehead atoms. The highest BCUT2D eigenvalue weighted by Crippen LogP contribution is 2.35. The van der Waals surface area contributed by atoms with Gasteiger partial charge in [0.25, 0.3) is 0 Å². The molecule has 0 aliphatic carbocycles. The number of nitrogens with zero attached hydrogens (tertiary/aromatic N) is 2. The van der Waals surface area contributed by atoms with Crippen LogP contribution >= 0.6 is 39.1 Å². The van der Waals surface area contributed by atoms with E-state index in [1.54, 1.807) is 7.11 Å². The largest absolute Gasteiger partial charge is 0.493 e. The SMILES string of the molecule is COc1cccc(Br)c1OCc1nnsc1Cl. The predicted octanol–water partition coefficient (Wildman–Crippen LogP) is 3.54. The quantitative estimate of drug-likeness (QED) is 0.857. The van der Waals surface area contributed by atoms with Crippen molar-refractivity contribution in [3.8, 4) is 11.5 Å². The van der Waals surface area contributed by atoms with E-state index >= 15 is 0 Å². The summed E-state index contributed by atoms with van der Waals surface area (Å²) >= 11 is 10.4. The van der Waals surface area contributed by atoms with Gasteiger partial charge in [-0.2, -0.15) is 0 Å². The fraction of sp³-hybridized carbons (Fsp3) is 0.200. The molecule has 0 aliphatic heterocycles. The van der Waals surface area contributed by atoms with Crippen molar-refractivity contribution < 1.29 is 9.47 Å². The van der Waals surface area contributed by atoms with E-state index in [-0.39, 0.29) is 6.61 Å². The highest BCUT2D eigenvalue weighted by Gasteiger charge is 2.11. The summed E-state index contributed by atoms with van der Waals surface area (Å²) < 4.78 is 15.9. The van der Waals surface area contributed by atoms with E-state index in [9.17, 15) is 0 Å². The lowest BCUT2D eigenvalue weighted by Crippen LogP contribution is -1.99. The summed E-state index contributed by atoms with van der Waals surface area (Å²) in [6.07, 6.45) is 0. The molecule has 0 unspecified atom stereocenters. The molecule has 1 heterocycles. The van der Waals surface area contributed by atoms with E-state index in [1.165, 1.54) is 0 Å². The Bertz CT molecular complexity index is 521. The number of halogens is 2. The van der Waals surface area contributed by atoms with Crippen molar-refractivity contribution in [2.24, 2.45) is 0 Å². The molecule has 0 radical (unpaired) electrons. The normalized spacial score (nSPS) is 10.3. The van der Waals surface area contributed by atoms with Crippen molar-refractivity contribution in [2.45, 2.75) is 6.61 Å². The molecular weight excluding hydrogens is 328 g/mol. The van der Waals surface area contributed by atoms with E-state index in [2.05, 4.69) is 25.5 Å². The Morgan fingerprint density at radius 2 is 2.29 bits per heavy atom. The molecule has 0 amide bonds. The van der Waals surface area contributed by atoms with Gasteiger partial charge in [0.05, 0.1) is 11.6 Å². The van der Waals surface area contributed by atoms with Gasteiger partial charge in [0.15, 0.2) is 11.5 Å². The molecule has 0 aliphatic rings. The molecule has 0 N–H and O–H groups in total. The van der Waals surface area contributed by atoms with Gasteiger partial charge in [-0.05, 0) is 28.1 Å². The molecule has 2 rings (SSSR count). The molecule has 0 saturated carbocycles.